The molecule has 1 fully saturated rings. The van der Waals surface area contributed by atoms with Gasteiger partial charge in [0.15, 0.2) is 0 Å². The number of carbonyl (C=O) groups is 3. The number of aliphatic carboxylic acids is 1. The highest BCUT2D eigenvalue weighted by atomic mass is 32.1. The predicted molar refractivity (Wildman–Crippen MR) is 115 cm³/mol. The first-order valence-corrected chi connectivity index (χ1v) is 11.7. The van der Waals surface area contributed by atoms with E-state index in [9.17, 15) is 14.4 Å². The number of hydrogen-bond acceptors (Lipinski definition) is 4. The minimum absolute atomic E-state index is 0.0383. The number of carbonyl (C=O) groups excluding carboxylic acids is 2. The van der Waals surface area contributed by atoms with Crippen molar-refractivity contribution in [1.29, 1.82) is 0 Å². The molecule has 7 heteroatoms. The monoisotopic (exact) mass is 420 g/mol. The molecule has 1 unspecified atom stereocenters. The molecule has 0 saturated heterocycles. The van der Waals surface area contributed by atoms with Gasteiger partial charge in [-0.2, -0.15) is 0 Å². The van der Waals surface area contributed by atoms with Gasteiger partial charge in [-0.15, -0.1) is 11.3 Å². The molecule has 29 heavy (non-hydrogen) atoms. The summed E-state index contributed by atoms with van der Waals surface area (Å²) in [5.74, 6) is -1.43. The number of anilines is 1. The van der Waals surface area contributed by atoms with E-state index in [-0.39, 0.29) is 36.6 Å². The highest BCUT2D eigenvalue weighted by molar-refractivity contribution is 7.17. The highest BCUT2D eigenvalue weighted by Crippen LogP contribution is 2.38. The van der Waals surface area contributed by atoms with Crippen LogP contribution in [0.4, 0.5) is 5.00 Å². The summed E-state index contributed by atoms with van der Waals surface area (Å²) in [6.45, 7) is 1.76. The van der Waals surface area contributed by atoms with E-state index in [1.54, 1.807) is 6.92 Å². The number of rotatable bonds is 7. The summed E-state index contributed by atoms with van der Waals surface area (Å²) in [5, 5.41) is 15.7. The van der Waals surface area contributed by atoms with E-state index in [0.29, 0.717) is 10.6 Å². The molecule has 0 spiro atoms. The molecule has 1 atom stereocenters. The lowest BCUT2D eigenvalue weighted by atomic mass is 9.95. The Morgan fingerprint density at radius 2 is 1.72 bits per heavy atom. The molecule has 1 aromatic heterocycles. The van der Waals surface area contributed by atoms with Crippen LogP contribution in [0.25, 0.3) is 0 Å². The summed E-state index contributed by atoms with van der Waals surface area (Å²) in [4.78, 5) is 37.8. The lowest BCUT2D eigenvalue weighted by molar-refractivity contribution is -0.138. The molecule has 0 aliphatic heterocycles. The van der Waals surface area contributed by atoms with Crippen LogP contribution in [-0.2, 0) is 22.4 Å². The van der Waals surface area contributed by atoms with Crippen LogP contribution in [0.15, 0.2) is 0 Å². The van der Waals surface area contributed by atoms with Gasteiger partial charge in [-0.25, -0.2) is 0 Å². The van der Waals surface area contributed by atoms with Gasteiger partial charge in [-0.3, -0.25) is 14.4 Å². The lowest BCUT2D eigenvalue weighted by Gasteiger charge is -2.23. The van der Waals surface area contributed by atoms with Crippen LogP contribution in [0, 0.1) is 5.92 Å². The third-order valence-electron chi connectivity index (χ3n) is 5.90. The molecule has 0 radical (unpaired) electrons. The number of fused-ring (bicyclic) bond motifs is 1. The molecule has 160 valence electrons. The maximum Gasteiger partial charge on any atom is 0.303 e. The zero-order valence-electron chi connectivity index (χ0n) is 17.2. The Morgan fingerprint density at radius 1 is 1.03 bits per heavy atom. The molecular weight excluding hydrogens is 388 g/mol. The average molecular weight is 421 g/mol. The average Bonchev–Trinajstić information content (AvgIpc) is 2.82. The molecule has 2 aliphatic rings. The summed E-state index contributed by atoms with van der Waals surface area (Å²) >= 11 is 1.53. The number of aryl methyl sites for hydroxylation is 1. The molecule has 1 aromatic rings. The molecule has 6 nitrogen and oxygen atoms in total. The zero-order chi connectivity index (χ0) is 20.8. The Labute approximate surface area is 176 Å². The van der Waals surface area contributed by atoms with Crippen molar-refractivity contribution in [3.05, 3.63) is 16.0 Å². The minimum Gasteiger partial charge on any atom is -0.481 e. The van der Waals surface area contributed by atoms with Gasteiger partial charge in [0.25, 0.3) is 5.91 Å². The van der Waals surface area contributed by atoms with E-state index in [1.807, 2.05) is 0 Å². The molecule has 1 saturated carbocycles. The van der Waals surface area contributed by atoms with Gasteiger partial charge in [0.05, 0.1) is 5.56 Å². The van der Waals surface area contributed by atoms with Crippen LogP contribution in [0.5, 0.6) is 0 Å². The van der Waals surface area contributed by atoms with Crippen LogP contribution >= 0.6 is 11.3 Å². The van der Waals surface area contributed by atoms with Crippen molar-refractivity contribution < 1.29 is 19.5 Å². The van der Waals surface area contributed by atoms with Gasteiger partial charge >= 0.3 is 5.97 Å². The van der Waals surface area contributed by atoms with Crippen molar-refractivity contribution in [1.82, 2.24) is 5.32 Å². The molecule has 0 bridgehead atoms. The first kappa shape index (κ1) is 21.8. The second kappa shape index (κ2) is 10.2. The second-order valence-corrected chi connectivity index (χ2v) is 9.64. The van der Waals surface area contributed by atoms with E-state index in [0.717, 1.165) is 56.9 Å². The van der Waals surface area contributed by atoms with Gasteiger partial charge in [0.1, 0.15) is 5.00 Å². The number of carboxylic acid groups (broad SMARTS) is 1. The summed E-state index contributed by atoms with van der Waals surface area (Å²) in [7, 11) is 0. The van der Waals surface area contributed by atoms with Gasteiger partial charge < -0.3 is 15.7 Å². The van der Waals surface area contributed by atoms with Crippen molar-refractivity contribution in [2.24, 2.45) is 5.92 Å². The molecule has 3 N–H and O–H groups in total. The Balaban J connectivity index is 1.77. The van der Waals surface area contributed by atoms with Gasteiger partial charge in [-0.05, 0) is 50.0 Å². The second-order valence-electron chi connectivity index (χ2n) is 8.53. The number of thiophene rings is 1. The fourth-order valence-electron chi connectivity index (χ4n) is 4.44. The van der Waals surface area contributed by atoms with E-state index in [1.165, 1.54) is 29.1 Å². The summed E-state index contributed by atoms with van der Waals surface area (Å²) in [6, 6.07) is 0.219. The predicted octanol–water partition coefficient (Wildman–Crippen LogP) is 4.52. The Morgan fingerprint density at radius 3 is 2.45 bits per heavy atom. The molecule has 1 heterocycles. The number of hydrogen-bond donors (Lipinski definition) is 3. The van der Waals surface area contributed by atoms with Crippen LogP contribution in [-0.4, -0.2) is 28.9 Å². The topological polar surface area (TPSA) is 95.5 Å². The summed E-state index contributed by atoms with van der Waals surface area (Å²) in [5.41, 5.74) is 1.76. The molecule has 3 rings (SSSR count). The quantitative estimate of drug-likeness (QED) is 0.565. The summed E-state index contributed by atoms with van der Waals surface area (Å²) < 4.78 is 0. The fraction of sp³-hybridized carbons (Fsp3) is 0.682. The van der Waals surface area contributed by atoms with Gasteiger partial charge in [-0.1, -0.05) is 32.6 Å². The minimum atomic E-state index is -0.902. The van der Waals surface area contributed by atoms with Crippen molar-refractivity contribution >= 4 is 34.1 Å². The zero-order valence-corrected chi connectivity index (χ0v) is 18.0. The van der Waals surface area contributed by atoms with Gasteiger partial charge in [0, 0.05) is 23.8 Å². The normalized spacial score (nSPS) is 18.4. The maximum absolute atomic E-state index is 13.2. The van der Waals surface area contributed by atoms with E-state index < -0.39 is 5.97 Å². The Bertz CT molecular complexity index is 752. The summed E-state index contributed by atoms with van der Waals surface area (Å²) in [6.07, 6.45) is 10.8. The lowest BCUT2D eigenvalue weighted by Crippen LogP contribution is -2.36. The number of carboxylic acids is 1. The Hall–Kier alpha value is -1.89. The molecule has 0 aromatic carbocycles. The van der Waals surface area contributed by atoms with E-state index in [2.05, 4.69) is 10.6 Å². The third-order valence-corrected chi connectivity index (χ3v) is 7.11. The van der Waals surface area contributed by atoms with Crippen LogP contribution in [0.1, 0.15) is 91.9 Å². The van der Waals surface area contributed by atoms with Gasteiger partial charge in [0.2, 0.25) is 5.91 Å². The molecule has 2 amide bonds. The number of amides is 2. The molecular formula is C22H32N2O4S. The van der Waals surface area contributed by atoms with Crippen molar-refractivity contribution in [2.75, 3.05) is 5.32 Å². The maximum atomic E-state index is 13.2. The standard InChI is InChI=1S/C22H32N2O4S/c1-14(13-19(26)27)12-18(25)24-22-20(16-10-6-3-7-11-17(16)29-22)21(28)23-15-8-4-2-5-9-15/h14-15H,2-13H2,1H3,(H,23,28)(H,24,25)(H,26,27). The smallest absolute Gasteiger partial charge is 0.303 e. The van der Waals surface area contributed by atoms with E-state index in [4.69, 9.17) is 5.11 Å². The largest absolute Gasteiger partial charge is 0.481 e. The van der Waals surface area contributed by atoms with Crippen molar-refractivity contribution in [2.45, 2.75) is 90.0 Å². The van der Waals surface area contributed by atoms with Crippen LogP contribution in [0.3, 0.4) is 0 Å². The van der Waals surface area contributed by atoms with Crippen LogP contribution in [0.2, 0.25) is 0 Å². The fourth-order valence-corrected chi connectivity index (χ4v) is 5.74. The molecule has 2 aliphatic carbocycles. The number of nitrogens with one attached hydrogen (secondary N) is 2. The van der Waals surface area contributed by atoms with Crippen molar-refractivity contribution in [3.63, 3.8) is 0 Å². The van der Waals surface area contributed by atoms with E-state index >= 15 is 0 Å². The first-order chi connectivity index (χ1) is 13.9. The van der Waals surface area contributed by atoms with Crippen molar-refractivity contribution in [3.8, 4) is 0 Å². The van der Waals surface area contributed by atoms with Crippen LogP contribution < -0.4 is 10.6 Å². The first-order valence-electron chi connectivity index (χ1n) is 10.9. The Kier molecular flexibility index (Phi) is 7.70. The third kappa shape index (κ3) is 6.04. The SMILES string of the molecule is CC(CC(=O)O)CC(=O)Nc1sc2c(c1C(=O)NC1CCCCC1)CCCCC2. The highest BCUT2D eigenvalue weighted by Gasteiger charge is 2.27.